The minimum atomic E-state index is -4.94. The monoisotopic (exact) mass is 1230 g/mol. The average molecular weight is 1230 g/mol. The number of hydrogen-bond acceptors (Lipinski definition) is 15. The van der Waals surface area contributed by atoms with Crippen molar-refractivity contribution in [3.05, 3.63) is 0 Å². The van der Waals surface area contributed by atoms with Gasteiger partial charge in [0.05, 0.1) is 26.4 Å². The predicted octanol–water partition coefficient (Wildman–Crippen LogP) is 17.7. The third-order valence-corrected chi connectivity index (χ3v) is 16.6. The van der Waals surface area contributed by atoms with E-state index < -0.39 is 97.5 Å². The number of unbranched alkanes of at least 4 members (excludes halogenated alkanes) is 33. The lowest BCUT2D eigenvalue weighted by atomic mass is 10.0. The fraction of sp³-hybridized carbons (Fsp3) is 0.938. The zero-order valence-corrected chi connectivity index (χ0v) is 55.3. The summed E-state index contributed by atoms with van der Waals surface area (Å²) in [7, 11) is -9.88. The van der Waals surface area contributed by atoms with E-state index in [1.54, 1.807) is 0 Å². The van der Waals surface area contributed by atoms with Gasteiger partial charge < -0.3 is 33.8 Å². The van der Waals surface area contributed by atoms with Crippen molar-refractivity contribution in [3.63, 3.8) is 0 Å². The first-order valence-corrected chi connectivity index (χ1v) is 36.5. The van der Waals surface area contributed by atoms with E-state index in [9.17, 15) is 43.2 Å². The standard InChI is InChI=1S/C64H124O17P2/c1-7-9-11-13-15-17-18-19-20-21-23-29-36-42-48-63(68)80-59(52-75-62(67)47-41-35-28-25-24-26-32-38-44-56(3)4)54-78-82(70,71)76-50-58(65)51-77-83(72,73)79-55-60(81-64(69)49-43-37-31-30-33-39-45-57(5)6)53-74-61(66)46-40-34-27-22-16-14-12-10-8-2/h56-60,65H,7-55H2,1-6H3,(H,70,71)(H,72,73)/t58-,59-,60-/m1/s1. The molecule has 83 heavy (non-hydrogen) atoms. The van der Waals surface area contributed by atoms with Gasteiger partial charge in [-0.1, -0.05) is 266 Å². The van der Waals surface area contributed by atoms with Crippen LogP contribution in [0.4, 0.5) is 0 Å². The Labute approximate surface area is 505 Å². The van der Waals surface area contributed by atoms with Crippen LogP contribution in [0.2, 0.25) is 0 Å². The highest BCUT2D eigenvalue weighted by atomic mass is 31.2. The maximum atomic E-state index is 13.0. The van der Waals surface area contributed by atoms with Crippen molar-refractivity contribution < 1.29 is 80.2 Å². The van der Waals surface area contributed by atoms with E-state index in [2.05, 4.69) is 41.5 Å². The lowest BCUT2D eigenvalue weighted by molar-refractivity contribution is -0.161. The minimum Gasteiger partial charge on any atom is -0.462 e. The number of aliphatic hydroxyl groups is 1. The lowest BCUT2D eigenvalue weighted by Crippen LogP contribution is -2.30. The lowest BCUT2D eigenvalue weighted by Gasteiger charge is -2.21. The molecule has 0 heterocycles. The molecule has 0 saturated carbocycles. The summed E-state index contributed by atoms with van der Waals surface area (Å²) >= 11 is 0. The van der Waals surface area contributed by atoms with Gasteiger partial charge in [0.25, 0.3) is 0 Å². The maximum absolute atomic E-state index is 13.0. The van der Waals surface area contributed by atoms with Crippen molar-refractivity contribution in [2.45, 2.75) is 336 Å². The summed E-state index contributed by atoms with van der Waals surface area (Å²) < 4.78 is 67.9. The molecular weight excluding hydrogens is 1100 g/mol. The van der Waals surface area contributed by atoms with Crippen LogP contribution >= 0.6 is 15.6 Å². The molecule has 0 aromatic carbocycles. The fourth-order valence-electron chi connectivity index (χ4n) is 9.53. The van der Waals surface area contributed by atoms with E-state index >= 15 is 0 Å². The van der Waals surface area contributed by atoms with Gasteiger partial charge in [-0.05, 0) is 37.5 Å². The van der Waals surface area contributed by atoms with Crippen molar-refractivity contribution >= 4 is 39.5 Å². The molecule has 0 aliphatic heterocycles. The highest BCUT2D eigenvalue weighted by Crippen LogP contribution is 2.45. The predicted molar refractivity (Wildman–Crippen MR) is 331 cm³/mol. The Hall–Kier alpha value is -1.94. The molecule has 5 atom stereocenters. The first-order chi connectivity index (χ1) is 39.9. The van der Waals surface area contributed by atoms with Crippen LogP contribution in [-0.4, -0.2) is 96.7 Å². The van der Waals surface area contributed by atoms with Crippen molar-refractivity contribution in [1.29, 1.82) is 0 Å². The smallest absolute Gasteiger partial charge is 0.462 e. The molecule has 2 unspecified atom stereocenters. The van der Waals surface area contributed by atoms with Gasteiger partial charge >= 0.3 is 39.5 Å². The van der Waals surface area contributed by atoms with Gasteiger partial charge in [-0.2, -0.15) is 0 Å². The zero-order valence-electron chi connectivity index (χ0n) is 53.5. The third kappa shape index (κ3) is 58.8. The normalized spacial score (nSPS) is 14.3. The first kappa shape index (κ1) is 81.1. The Morgan fingerprint density at radius 3 is 0.819 bits per heavy atom. The molecular formula is C64H124O17P2. The van der Waals surface area contributed by atoms with Crippen molar-refractivity contribution in [2.24, 2.45) is 11.8 Å². The van der Waals surface area contributed by atoms with Crippen LogP contribution in [0.1, 0.15) is 318 Å². The Kier molecular flexibility index (Phi) is 55.2. The number of phosphoric acid groups is 2. The van der Waals surface area contributed by atoms with E-state index in [0.29, 0.717) is 31.6 Å². The number of carbonyl (C=O) groups is 4. The fourth-order valence-corrected chi connectivity index (χ4v) is 11.1. The average Bonchev–Trinajstić information content (AvgIpc) is 3.45. The van der Waals surface area contributed by atoms with Crippen molar-refractivity contribution in [1.82, 2.24) is 0 Å². The molecule has 0 spiro atoms. The molecule has 0 rings (SSSR count). The molecule has 0 bridgehead atoms. The second-order valence-electron chi connectivity index (χ2n) is 24.1. The van der Waals surface area contributed by atoms with Crippen LogP contribution in [-0.2, 0) is 65.4 Å². The van der Waals surface area contributed by atoms with Crippen LogP contribution in [0, 0.1) is 11.8 Å². The topological polar surface area (TPSA) is 237 Å². The van der Waals surface area contributed by atoms with Crippen LogP contribution in [0.15, 0.2) is 0 Å². The quantitative estimate of drug-likeness (QED) is 0.0222. The number of esters is 4. The molecule has 0 saturated heterocycles. The zero-order chi connectivity index (χ0) is 61.5. The summed E-state index contributed by atoms with van der Waals surface area (Å²) in [5, 5.41) is 10.5. The van der Waals surface area contributed by atoms with E-state index in [0.717, 1.165) is 95.8 Å². The largest absolute Gasteiger partial charge is 0.472 e. The molecule has 0 aromatic heterocycles. The van der Waals surface area contributed by atoms with Crippen LogP contribution in [0.5, 0.6) is 0 Å². The molecule has 0 aliphatic rings. The third-order valence-electron chi connectivity index (χ3n) is 14.7. The summed E-state index contributed by atoms with van der Waals surface area (Å²) in [4.78, 5) is 72.1. The van der Waals surface area contributed by atoms with Gasteiger partial charge in [-0.25, -0.2) is 9.13 Å². The Morgan fingerprint density at radius 2 is 0.554 bits per heavy atom. The summed E-state index contributed by atoms with van der Waals surface area (Å²) in [6, 6.07) is 0. The second kappa shape index (κ2) is 56.6. The van der Waals surface area contributed by atoms with Gasteiger partial charge in [0.1, 0.15) is 19.3 Å². The summed E-state index contributed by atoms with van der Waals surface area (Å²) in [6.07, 6.45) is 39.1. The highest BCUT2D eigenvalue weighted by molar-refractivity contribution is 7.47. The summed E-state index contributed by atoms with van der Waals surface area (Å²) in [5.41, 5.74) is 0. The number of ether oxygens (including phenoxy) is 4. The van der Waals surface area contributed by atoms with Crippen molar-refractivity contribution in [3.8, 4) is 0 Å². The molecule has 0 radical (unpaired) electrons. The van der Waals surface area contributed by atoms with E-state index in [1.807, 2.05) is 0 Å². The Bertz CT molecular complexity index is 1630. The van der Waals surface area contributed by atoms with Gasteiger partial charge in [-0.3, -0.25) is 37.3 Å². The van der Waals surface area contributed by atoms with Crippen LogP contribution in [0.3, 0.4) is 0 Å². The summed E-state index contributed by atoms with van der Waals surface area (Å²) in [5.74, 6) is -0.742. The van der Waals surface area contributed by atoms with Crippen molar-refractivity contribution in [2.75, 3.05) is 39.6 Å². The number of rotatable bonds is 63. The molecule has 0 aromatic rings. The van der Waals surface area contributed by atoms with Gasteiger partial charge in [-0.15, -0.1) is 0 Å². The van der Waals surface area contributed by atoms with Gasteiger partial charge in [0, 0.05) is 25.7 Å². The number of carbonyl (C=O) groups excluding carboxylic acids is 4. The van der Waals surface area contributed by atoms with Gasteiger partial charge in [0.15, 0.2) is 12.2 Å². The van der Waals surface area contributed by atoms with Crippen LogP contribution < -0.4 is 0 Å². The highest BCUT2D eigenvalue weighted by Gasteiger charge is 2.30. The number of aliphatic hydroxyl groups excluding tert-OH is 1. The van der Waals surface area contributed by atoms with Gasteiger partial charge in [0.2, 0.25) is 0 Å². The number of hydrogen-bond donors (Lipinski definition) is 3. The second-order valence-corrected chi connectivity index (χ2v) is 27.0. The molecule has 492 valence electrons. The van der Waals surface area contributed by atoms with E-state index in [1.165, 1.54) is 135 Å². The molecule has 0 amide bonds. The molecule has 19 heteroatoms. The van der Waals surface area contributed by atoms with Crippen LogP contribution in [0.25, 0.3) is 0 Å². The van der Waals surface area contributed by atoms with E-state index in [-0.39, 0.29) is 25.7 Å². The summed E-state index contributed by atoms with van der Waals surface area (Å²) in [6.45, 7) is 9.36. The SMILES string of the molecule is CCCCCCCCCCCCCCCCC(=O)O[C@H](COC(=O)CCCCCCCCCCC(C)C)COP(=O)(O)OC[C@@H](O)COP(=O)(O)OC[C@@H](COC(=O)CCCCCCCCCCC)OC(=O)CCCCCCCCC(C)C. The Morgan fingerprint density at radius 1 is 0.325 bits per heavy atom. The molecule has 17 nitrogen and oxygen atoms in total. The number of phosphoric ester groups is 2. The maximum Gasteiger partial charge on any atom is 0.472 e. The Balaban J connectivity index is 5.23. The first-order valence-electron chi connectivity index (χ1n) is 33.5. The minimum absolute atomic E-state index is 0.102. The molecule has 0 aliphatic carbocycles. The van der Waals surface area contributed by atoms with E-state index in [4.69, 9.17) is 37.0 Å². The molecule has 3 N–H and O–H groups in total. The molecule has 0 fully saturated rings.